The highest BCUT2D eigenvalue weighted by Gasteiger charge is 2.35. The number of amides is 1. The smallest absolute Gasteiger partial charge is 0.250 e. The Bertz CT molecular complexity index is 350. The van der Waals surface area contributed by atoms with E-state index in [1.54, 1.807) is 0 Å². The molecule has 1 heterocycles. The normalized spacial score (nSPS) is 30.5. The molecule has 1 amide bonds. The van der Waals surface area contributed by atoms with E-state index in [4.69, 9.17) is 0 Å². The van der Waals surface area contributed by atoms with Crippen LogP contribution in [0.15, 0.2) is 23.8 Å². The van der Waals surface area contributed by atoms with E-state index in [0.717, 1.165) is 18.5 Å². The van der Waals surface area contributed by atoms with Gasteiger partial charge in [0.05, 0.1) is 0 Å². The molecule has 2 heteroatoms. The Morgan fingerprint density at radius 1 is 1.19 bits per heavy atom. The van der Waals surface area contributed by atoms with Crippen molar-refractivity contribution in [3.63, 3.8) is 0 Å². The molecule has 0 aromatic heterocycles. The number of fused-ring (bicyclic) bond motifs is 1. The van der Waals surface area contributed by atoms with Gasteiger partial charge in [-0.3, -0.25) is 4.79 Å². The number of likely N-dealkylation sites (tertiary alicyclic amines) is 1. The van der Waals surface area contributed by atoms with Gasteiger partial charge in [-0.15, -0.1) is 0 Å². The Balaban J connectivity index is 1.80. The minimum atomic E-state index is 0.326. The van der Waals surface area contributed by atoms with Gasteiger partial charge in [-0.2, -0.15) is 0 Å². The molecule has 2 aliphatic carbocycles. The van der Waals surface area contributed by atoms with Gasteiger partial charge in [0, 0.05) is 18.2 Å². The van der Waals surface area contributed by atoms with Crippen LogP contribution >= 0.6 is 0 Å². The maximum Gasteiger partial charge on any atom is 0.250 e. The molecule has 16 heavy (non-hydrogen) atoms. The highest BCUT2D eigenvalue weighted by Crippen LogP contribution is 2.34. The van der Waals surface area contributed by atoms with E-state index in [9.17, 15) is 4.79 Å². The van der Waals surface area contributed by atoms with Crippen molar-refractivity contribution in [3.8, 4) is 0 Å². The van der Waals surface area contributed by atoms with Crippen LogP contribution in [0.1, 0.15) is 38.5 Å². The molecule has 1 saturated heterocycles. The zero-order valence-electron chi connectivity index (χ0n) is 9.69. The lowest BCUT2D eigenvalue weighted by atomic mass is 9.84. The van der Waals surface area contributed by atoms with Gasteiger partial charge in [-0.05, 0) is 31.6 Å². The molecule has 86 valence electrons. The quantitative estimate of drug-likeness (QED) is 0.661. The van der Waals surface area contributed by atoms with Gasteiger partial charge < -0.3 is 4.90 Å². The molecule has 3 rings (SSSR count). The molecule has 1 unspecified atom stereocenters. The van der Waals surface area contributed by atoms with Gasteiger partial charge in [-0.1, -0.05) is 31.1 Å². The average molecular weight is 217 g/mol. The highest BCUT2D eigenvalue weighted by molar-refractivity contribution is 5.95. The first kappa shape index (κ1) is 10.1. The van der Waals surface area contributed by atoms with Crippen LogP contribution in [0.5, 0.6) is 0 Å². The maximum atomic E-state index is 12.4. The third-order valence-electron chi connectivity index (χ3n) is 4.26. The lowest BCUT2D eigenvalue weighted by Crippen LogP contribution is -2.46. The van der Waals surface area contributed by atoms with Crippen LogP contribution in [0.4, 0.5) is 0 Å². The lowest BCUT2D eigenvalue weighted by Gasteiger charge is -2.38. The summed E-state index contributed by atoms with van der Waals surface area (Å²) in [6.07, 6.45) is 13.5. The monoisotopic (exact) mass is 217 g/mol. The first-order valence-electron chi connectivity index (χ1n) is 6.54. The predicted octanol–water partition coefficient (Wildman–Crippen LogP) is 2.66. The summed E-state index contributed by atoms with van der Waals surface area (Å²) in [7, 11) is 0. The van der Waals surface area contributed by atoms with E-state index in [2.05, 4.69) is 11.0 Å². The number of carbonyl (C=O) groups excluding carboxylic acids is 1. The maximum absolute atomic E-state index is 12.4. The van der Waals surface area contributed by atoms with Crippen molar-refractivity contribution in [1.29, 1.82) is 0 Å². The summed E-state index contributed by atoms with van der Waals surface area (Å²) in [4.78, 5) is 14.5. The summed E-state index contributed by atoms with van der Waals surface area (Å²) in [6, 6.07) is 0.542. The first-order chi connectivity index (χ1) is 7.86. The third kappa shape index (κ3) is 1.60. The Morgan fingerprint density at radius 2 is 2.00 bits per heavy atom. The summed E-state index contributed by atoms with van der Waals surface area (Å²) in [5.41, 5.74) is 1.07. The molecule has 3 aliphatic rings. The van der Waals surface area contributed by atoms with Crippen molar-refractivity contribution in [2.45, 2.75) is 44.6 Å². The van der Waals surface area contributed by atoms with Crippen molar-refractivity contribution in [3.05, 3.63) is 23.8 Å². The number of hydrogen-bond donors (Lipinski definition) is 0. The van der Waals surface area contributed by atoms with Crippen LogP contribution in [0.2, 0.25) is 0 Å². The van der Waals surface area contributed by atoms with Crippen molar-refractivity contribution >= 4 is 5.91 Å². The minimum absolute atomic E-state index is 0.326. The zero-order chi connectivity index (χ0) is 11.0. The van der Waals surface area contributed by atoms with Crippen LogP contribution in [-0.4, -0.2) is 23.4 Å². The van der Waals surface area contributed by atoms with Crippen LogP contribution < -0.4 is 0 Å². The molecule has 2 fully saturated rings. The predicted molar refractivity (Wildman–Crippen MR) is 63.9 cm³/mol. The zero-order valence-corrected chi connectivity index (χ0v) is 9.69. The number of nitrogens with zero attached hydrogens (tertiary/aromatic N) is 1. The van der Waals surface area contributed by atoms with Gasteiger partial charge in [0.1, 0.15) is 0 Å². The number of hydrogen-bond acceptors (Lipinski definition) is 1. The van der Waals surface area contributed by atoms with Crippen LogP contribution in [-0.2, 0) is 4.79 Å². The van der Waals surface area contributed by atoms with Crippen LogP contribution in [0.25, 0.3) is 0 Å². The topological polar surface area (TPSA) is 20.3 Å². The molecule has 1 saturated carbocycles. The van der Waals surface area contributed by atoms with Gasteiger partial charge in [0.2, 0.25) is 5.91 Å². The van der Waals surface area contributed by atoms with Crippen molar-refractivity contribution in [2.75, 3.05) is 6.54 Å². The van der Waals surface area contributed by atoms with Gasteiger partial charge in [0.15, 0.2) is 0 Å². The van der Waals surface area contributed by atoms with Gasteiger partial charge in [0.25, 0.3) is 0 Å². The summed E-state index contributed by atoms with van der Waals surface area (Å²) < 4.78 is 0. The first-order valence-corrected chi connectivity index (χ1v) is 6.54. The Labute approximate surface area is 97.0 Å². The van der Waals surface area contributed by atoms with E-state index in [1.807, 2.05) is 12.2 Å². The number of rotatable bonds is 1. The standard InChI is InChI=1S/C14H19NO/c16-14-13-8-4-1-5-11(13)9-10-15(14)12-6-2-3-7-12/h1,4,8,11-12H,2-3,5-7,9-10H2. The number of piperidine rings is 1. The second kappa shape index (κ2) is 4.08. The molecular formula is C14H19NO. The molecular weight excluding hydrogens is 198 g/mol. The minimum Gasteiger partial charge on any atom is -0.336 e. The molecule has 1 aliphatic heterocycles. The fourth-order valence-electron chi connectivity index (χ4n) is 3.32. The average Bonchev–Trinajstić information content (AvgIpc) is 2.83. The Kier molecular flexibility index (Phi) is 2.58. The number of allylic oxidation sites excluding steroid dienone is 3. The van der Waals surface area contributed by atoms with Gasteiger partial charge in [-0.25, -0.2) is 0 Å². The van der Waals surface area contributed by atoms with Gasteiger partial charge >= 0.3 is 0 Å². The van der Waals surface area contributed by atoms with Crippen molar-refractivity contribution in [2.24, 2.45) is 5.92 Å². The second-order valence-electron chi connectivity index (χ2n) is 5.21. The molecule has 0 radical (unpaired) electrons. The molecule has 0 N–H and O–H groups in total. The summed E-state index contributed by atoms with van der Waals surface area (Å²) in [5, 5.41) is 0. The SMILES string of the molecule is O=C1C2=CC=CCC2CCN1C1CCCC1. The second-order valence-corrected chi connectivity index (χ2v) is 5.21. The molecule has 0 aromatic carbocycles. The summed E-state index contributed by atoms with van der Waals surface area (Å²) in [6.45, 7) is 0.985. The van der Waals surface area contributed by atoms with E-state index in [0.29, 0.717) is 17.9 Å². The summed E-state index contributed by atoms with van der Waals surface area (Å²) >= 11 is 0. The molecule has 1 atom stereocenters. The summed E-state index contributed by atoms with van der Waals surface area (Å²) in [5.74, 6) is 0.836. The van der Waals surface area contributed by atoms with E-state index < -0.39 is 0 Å². The van der Waals surface area contributed by atoms with E-state index in [1.165, 1.54) is 32.1 Å². The van der Waals surface area contributed by atoms with Crippen LogP contribution in [0, 0.1) is 5.92 Å². The molecule has 2 nitrogen and oxygen atoms in total. The molecule has 0 spiro atoms. The Hall–Kier alpha value is -1.05. The lowest BCUT2D eigenvalue weighted by molar-refractivity contribution is -0.132. The molecule has 0 bridgehead atoms. The van der Waals surface area contributed by atoms with E-state index >= 15 is 0 Å². The van der Waals surface area contributed by atoms with Crippen molar-refractivity contribution in [1.82, 2.24) is 4.90 Å². The Morgan fingerprint density at radius 3 is 2.81 bits per heavy atom. The van der Waals surface area contributed by atoms with Crippen LogP contribution in [0.3, 0.4) is 0 Å². The largest absolute Gasteiger partial charge is 0.336 e. The third-order valence-corrected chi connectivity index (χ3v) is 4.26. The van der Waals surface area contributed by atoms with E-state index in [-0.39, 0.29) is 0 Å². The van der Waals surface area contributed by atoms with Crippen molar-refractivity contribution < 1.29 is 4.79 Å². The highest BCUT2D eigenvalue weighted by atomic mass is 16.2. The fraction of sp³-hybridized carbons (Fsp3) is 0.643. The molecule has 0 aromatic rings. The number of carbonyl (C=O) groups is 1. The fourth-order valence-corrected chi connectivity index (χ4v) is 3.32.